The molecule has 1 aromatic carbocycles. The average molecular weight is 386 g/mol. The number of hydrogen-bond acceptors (Lipinski definition) is 4. The van der Waals surface area contributed by atoms with E-state index in [0.29, 0.717) is 0 Å². The number of alkyl halides is 7. The minimum atomic E-state index is -5.22. The van der Waals surface area contributed by atoms with Crippen LogP contribution < -0.4 is 0 Å². The van der Waals surface area contributed by atoms with Gasteiger partial charge in [-0.05, 0) is 18.6 Å². The van der Waals surface area contributed by atoms with Crippen molar-refractivity contribution in [1.82, 2.24) is 14.8 Å². The van der Waals surface area contributed by atoms with Gasteiger partial charge < -0.3 is 0 Å². The molecule has 2 rings (SSSR count). The highest BCUT2D eigenvalue weighted by molar-refractivity contribution is 5.41. The summed E-state index contributed by atoms with van der Waals surface area (Å²) in [4.78, 5) is 12.5. The number of nitro benzene ring substituents is 1. The van der Waals surface area contributed by atoms with E-state index in [1.54, 1.807) is 0 Å². The highest BCUT2D eigenvalue weighted by atomic mass is 19.4. The summed E-state index contributed by atoms with van der Waals surface area (Å²) in [7, 11) is 0. The third-order valence-corrected chi connectivity index (χ3v) is 3.29. The molecule has 26 heavy (non-hydrogen) atoms. The summed E-state index contributed by atoms with van der Waals surface area (Å²) in [5, 5.41) is 13.6. The molecule has 0 atom stereocenters. The minimum Gasteiger partial charge on any atom is -0.258 e. The average Bonchev–Trinajstić information content (AvgIpc) is 2.91. The summed E-state index contributed by atoms with van der Waals surface area (Å²) in [5.41, 5.74) is -0.136. The third-order valence-electron chi connectivity index (χ3n) is 3.29. The summed E-state index contributed by atoms with van der Waals surface area (Å²) >= 11 is 0. The molecule has 0 saturated heterocycles. The molecular formula is C13H9F7N4O2. The molecule has 6 nitrogen and oxygen atoms in total. The zero-order chi connectivity index (χ0) is 19.9. The smallest absolute Gasteiger partial charge is 0.258 e. The van der Waals surface area contributed by atoms with E-state index in [0.717, 1.165) is 18.2 Å². The van der Waals surface area contributed by atoms with Gasteiger partial charge in [-0.2, -0.15) is 22.0 Å². The Morgan fingerprint density at radius 2 is 1.85 bits per heavy atom. The Hall–Kier alpha value is -2.73. The largest absolute Gasteiger partial charge is 0.451 e. The van der Waals surface area contributed by atoms with Crippen LogP contribution in [0.15, 0.2) is 18.2 Å². The van der Waals surface area contributed by atoms with Gasteiger partial charge in [-0.15, -0.1) is 5.10 Å². The van der Waals surface area contributed by atoms with Crippen LogP contribution in [-0.4, -0.2) is 26.1 Å². The van der Waals surface area contributed by atoms with Gasteiger partial charge in [0.15, 0.2) is 0 Å². The fourth-order valence-corrected chi connectivity index (χ4v) is 2.09. The molecule has 0 bridgehead atoms. The summed E-state index contributed by atoms with van der Waals surface area (Å²) in [5.74, 6) is -8.81. The van der Waals surface area contributed by atoms with Crippen LogP contribution >= 0.6 is 0 Å². The molecule has 0 unspecified atom stereocenters. The van der Waals surface area contributed by atoms with Crippen molar-refractivity contribution in [3.63, 3.8) is 0 Å². The first kappa shape index (κ1) is 19.6. The summed E-state index contributed by atoms with van der Waals surface area (Å²) in [6.07, 6.45) is -9.51. The van der Waals surface area contributed by atoms with Crippen molar-refractivity contribution in [2.24, 2.45) is 0 Å². The molecule has 0 fully saturated rings. The molecule has 0 radical (unpaired) electrons. The molecular weight excluding hydrogens is 377 g/mol. The van der Waals surface area contributed by atoms with Crippen LogP contribution in [0.5, 0.6) is 0 Å². The number of benzene rings is 1. The third kappa shape index (κ3) is 3.75. The molecule has 142 valence electrons. The van der Waals surface area contributed by atoms with Crippen LogP contribution in [0.1, 0.15) is 22.8 Å². The summed E-state index contributed by atoms with van der Waals surface area (Å²) in [6, 6.07) is 3.27. The number of hydrogen-bond donors (Lipinski definition) is 0. The van der Waals surface area contributed by atoms with Gasteiger partial charge in [-0.3, -0.25) is 10.1 Å². The fraction of sp³-hybridized carbons (Fsp3) is 0.385. The molecule has 0 N–H and O–H groups in total. The lowest BCUT2D eigenvalue weighted by Crippen LogP contribution is -2.25. The van der Waals surface area contributed by atoms with Crippen molar-refractivity contribution < 1.29 is 35.7 Å². The maximum atomic E-state index is 13.3. The van der Waals surface area contributed by atoms with Gasteiger partial charge in [-0.25, -0.2) is 18.4 Å². The summed E-state index contributed by atoms with van der Waals surface area (Å²) < 4.78 is 90.1. The van der Waals surface area contributed by atoms with Crippen molar-refractivity contribution in [3.05, 3.63) is 51.1 Å². The van der Waals surface area contributed by atoms with Gasteiger partial charge in [0.25, 0.3) is 5.69 Å². The van der Waals surface area contributed by atoms with E-state index >= 15 is 0 Å². The number of aryl methyl sites for hydroxylation is 1. The second-order valence-corrected chi connectivity index (χ2v) is 5.22. The molecule has 0 aliphatic carbocycles. The van der Waals surface area contributed by atoms with Crippen LogP contribution in [0.3, 0.4) is 0 Å². The summed E-state index contributed by atoms with van der Waals surface area (Å²) in [6.45, 7) is 0.573. The monoisotopic (exact) mass is 386 g/mol. The van der Waals surface area contributed by atoms with Crippen LogP contribution in [0.2, 0.25) is 0 Å². The van der Waals surface area contributed by atoms with Gasteiger partial charge in [0.1, 0.15) is 0 Å². The molecule has 0 aliphatic rings. The van der Waals surface area contributed by atoms with Gasteiger partial charge in [0.05, 0.1) is 11.5 Å². The van der Waals surface area contributed by atoms with E-state index in [1.807, 2.05) is 0 Å². The second-order valence-electron chi connectivity index (χ2n) is 5.22. The Morgan fingerprint density at radius 1 is 1.23 bits per heavy atom. The van der Waals surface area contributed by atoms with E-state index in [4.69, 9.17) is 0 Å². The predicted molar refractivity (Wildman–Crippen MR) is 71.9 cm³/mol. The van der Waals surface area contributed by atoms with E-state index in [1.165, 1.54) is 6.92 Å². The van der Waals surface area contributed by atoms with Gasteiger partial charge in [0, 0.05) is 11.6 Å². The van der Waals surface area contributed by atoms with Crippen molar-refractivity contribution in [3.8, 4) is 0 Å². The number of aromatic nitrogens is 3. The van der Waals surface area contributed by atoms with Gasteiger partial charge >= 0.3 is 18.5 Å². The van der Waals surface area contributed by atoms with Crippen molar-refractivity contribution in [2.75, 3.05) is 0 Å². The Bertz CT molecular complexity index is 832. The normalized spacial score (nSPS) is 12.7. The zero-order valence-electron chi connectivity index (χ0n) is 12.8. The lowest BCUT2D eigenvalue weighted by molar-refractivity contribution is -0.385. The van der Waals surface area contributed by atoms with Crippen LogP contribution in [-0.2, 0) is 18.6 Å². The first-order valence-electron chi connectivity index (χ1n) is 6.76. The van der Waals surface area contributed by atoms with E-state index < -0.39 is 41.6 Å². The number of nitrogens with zero attached hydrogens (tertiary/aromatic N) is 4. The van der Waals surface area contributed by atoms with E-state index in [9.17, 15) is 40.8 Å². The number of nitro groups is 1. The molecule has 0 amide bonds. The van der Waals surface area contributed by atoms with Crippen LogP contribution in [0.25, 0.3) is 0 Å². The molecule has 0 saturated carbocycles. The molecule has 13 heteroatoms. The molecule has 2 aromatic rings. The first-order valence-corrected chi connectivity index (χ1v) is 6.76. The molecule has 0 spiro atoms. The first-order chi connectivity index (χ1) is 11.8. The standard InChI is InChI=1S/C13H9F7N4O2/c1-6-4-7(2-3-8(6)24(25)26)5-23-11(13(18,19)20)21-10(22-23)12(16,17)9(14)15/h2-4,9H,5H2,1H3. The van der Waals surface area contributed by atoms with Crippen molar-refractivity contribution in [2.45, 2.75) is 32.0 Å². The molecule has 0 aliphatic heterocycles. The van der Waals surface area contributed by atoms with E-state index in [-0.39, 0.29) is 21.5 Å². The van der Waals surface area contributed by atoms with Crippen LogP contribution in [0.4, 0.5) is 36.4 Å². The lowest BCUT2D eigenvalue weighted by atomic mass is 10.1. The zero-order valence-corrected chi connectivity index (χ0v) is 12.8. The maximum Gasteiger partial charge on any atom is 0.451 e. The van der Waals surface area contributed by atoms with Crippen molar-refractivity contribution >= 4 is 5.69 Å². The molecule has 1 aromatic heterocycles. The lowest BCUT2D eigenvalue weighted by Gasteiger charge is -2.10. The topological polar surface area (TPSA) is 73.8 Å². The Morgan fingerprint density at radius 3 is 2.31 bits per heavy atom. The quantitative estimate of drug-likeness (QED) is 0.444. The number of rotatable bonds is 5. The second kappa shape index (κ2) is 6.53. The highest BCUT2D eigenvalue weighted by Gasteiger charge is 2.49. The van der Waals surface area contributed by atoms with Crippen molar-refractivity contribution in [1.29, 1.82) is 0 Å². The minimum absolute atomic E-state index is 0.00618. The van der Waals surface area contributed by atoms with Crippen LogP contribution in [0, 0.1) is 17.0 Å². The predicted octanol–water partition coefficient (Wildman–Crippen LogP) is 3.92. The van der Waals surface area contributed by atoms with Gasteiger partial charge in [0.2, 0.25) is 11.6 Å². The fourth-order valence-electron chi connectivity index (χ4n) is 2.09. The van der Waals surface area contributed by atoms with Gasteiger partial charge in [-0.1, -0.05) is 6.07 Å². The van der Waals surface area contributed by atoms with E-state index in [2.05, 4.69) is 10.1 Å². The Kier molecular flexibility index (Phi) is 4.92. The number of halogens is 7. The SMILES string of the molecule is Cc1cc(Cn2nc(C(F)(F)C(F)F)nc2C(F)(F)F)ccc1[N+](=O)[O-]. The Labute approximate surface area is 140 Å². The highest BCUT2D eigenvalue weighted by Crippen LogP contribution is 2.35. The molecule has 1 heterocycles. The maximum absolute atomic E-state index is 13.3. The Balaban J connectivity index is 2.47.